The van der Waals surface area contributed by atoms with Crippen LogP contribution in [-0.4, -0.2) is 0 Å². The van der Waals surface area contributed by atoms with Crippen LogP contribution in [0.3, 0.4) is 0 Å². The fraction of sp³-hybridized carbons (Fsp3) is 0.429. The Kier molecular flexibility index (Phi) is 4.96. The fourth-order valence-corrected chi connectivity index (χ4v) is 1.73. The van der Waals surface area contributed by atoms with Crippen LogP contribution >= 0.6 is 0 Å². The lowest BCUT2D eigenvalue weighted by molar-refractivity contribution is 0.673. The lowest BCUT2D eigenvalue weighted by Crippen LogP contribution is -1.96. The average Bonchev–Trinajstić information content (AvgIpc) is 2.26. The van der Waals surface area contributed by atoms with E-state index in [0.717, 1.165) is 18.5 Å². The molecule has 0 radical (unpaired) electrons. The van der Waals surface area contributed by atoms with Crippen LogP contribution in [0.1, 0.15) is 44.6 Å². The summed E-state index contributed by atoms with van der Waals surface area (Å²) >= 11 is 0. The quantitative estimate of drug-likeness (QED) is 0.565. The Morgan fingerprint density at radius 3 is 2.33 bits per heavy atom. The Labute approximate surface area is 93.0 Å². The highest BCUT2D eigenvalue weighted by Gasteiger charge is 2.06. The minimum Gasteiger partial charge on any atom is -0.399 e. The minimum absolute atomic E-state index is 0.633. The molecule has 0 saturated heterocycles. The summed E-state index contributed by atoms with van der Waals surface area (Å²) in [5.41, 5.74) is 7.92. The van der Waals surface area contributed by atoms with Gasteiger partial charge in [0.05, 0.1) is 0 Å². The summed E-state index contributed by atoms with van der Waals surface area (Å²) in [6.45, 7) is 4.40. The smallest absolute Gasteiger partial charge is 0.0314 e. The molecule has 0 heterocycles. The highest BCUT2D eigenvalue weighted by molar-refractivity contribution is 5.40. The van der Waals surface area contributed by atoms with E-state index in [0.29, 0.717) is 5.92 Å². The summed E-state index contributed by atoms with van der Waals surface area (Å²) in [7, 11) is 0. The second kappa shape index (κ2) is 6.28. The summed E-state index contributed by atoms with van der Waals surface area (Å²) in [4.78, 5) is 0. The first-order valence-electron chi connectivity index (χ1n) is 5.78. The first-order chi connectivity index (χ1) is 7.27. The maximum atomic E-state index is 5.68. The number of hydrogen-bond acceptors (Lipinski definition) is 1. The molecule has 2 N–H and O–H groups in total. The monoisotopic (exact) mass is 203 g/mol. The lowest BCUT2D eigenvalue weighted by Gasteiger charge is -2.13. The van der Waals surface area contributed by atoms with Gasteiger partial charge in [0, 0.05) is 5.69 Å². The molecule has 1 atom stereocenters. The number of nitrogen functional groups attached to an aromatic ring is 1. The van der Waals surface area contributed by atoms with Gasteiger partial charge < -0.3 is 5.73 Å². The Morgan fingerprint density at radius 2 is 1.80 bits per heavy atom. The van der Waals surface area contributed by atoms with Crippen molar-refractivity contribution < 1.29 is 0 Å². The third-order valence-electron chi connectivity index (χ3n) is 2.72. The predicted molar refractivity (Wildman–Crippen MR) is 67.9 cm³/mol. The molecule has 82 valence electrons. The van der Waals surface area contributed by atoms with Gasteiger partial charge in [-0.1, -0.05) is 38.1 Å². The fourth-order valence-electron chi connectivity index (χ4n) is 1.73. The van der Waals surface area contributed by atoms with Crippen molar-refractivity contribution in [3.05, 3.63) is 42.0 Å². The molecule has 1 nitrogen and oxygen atoms in total. The van der Waals surface area contributed by atoms with E-state index in [2.05, 4.69) is 38.1 Å². The second-order valence-electron chi connectivity index (χ2n) is 3.89. The van der Waals surface area contributed by atoms with E-state index in [1.165, 1.54) is 12.0 Å². The van der Waals surface area contributed by atoms with Gasteiger partial charge in [0.15, 0.2) is 0 Å². The molecule has 0 aliphatic heterocycles. The average molecular weight is 203 g/mol. The molecule has 1 unspecified atom stereocenters. The molecule has 0 aliphatic rings. The molecule has 0 aromatic heterocycles. The molecule has 1 aromatic carbocycles. The standard InChI is InChI=1S/C14H21N/c1-3-5-6-7-12(4-2)13-8-10-14(15)11-9-13/h5-6,8-12H,3-4,7,15H2,1-2H3/b6-5-. The molecule has 0 fully saturated rings. The first kappa shape index (κ1) is 11.8. The predicted octanol–water partition coefficient (Wildman–Crippen LogP) is 4.12. The van der Waals surface area contributed by atoms with Gasteiger partial charge in [0.25, 0.3) is 0 Å². The number of anilines is 1. The highest BCUT2D eigenvalue weighted by Crippen LogP contribution is 2.24. The summed E-state index contributed by atoms with van der Waals surface area (Å²) in [5.74, 6) is 0.633. The van der Waals surface area contributed by atoms with Crippen LogP contribution in [-0.2, 0) is 0 Å². The molecular weight excluding hydrogens is 182 g/mol. The molecule has 0 aliphatic carbocycles. The number of hydrogen-bond donors (Lipinski definition) is 1. The van der Waals surface area contributed by atoms with E-state index in [4.69, 9.17) is 5.73 Å². The Balaban J connectivity index is 2.65. The van der Waals surface area contributed by atoms with Crippen molar-refractivity contribution in [2.45, 2.75) is 39.0 Å². The normalized spacial score (nSPS) is 13.2. The van der Waals surface area contributed by atoms with Crippen LogP contribution in [0.4, 0.5) is 5.69 Å². The van der Waals surface area contributed by atoms with E-state index < -0.39 is 0 Å². The number of nitrogens with two attached hydrogens (primary N) is 1. The van der Waals surface area contributed by atoms with E-state index >= 15 is 0 Å². The Bertz CT molecular complexity index is 298. The van der Waals surface area contributed by atoms with Gasteiger partial charge in [-0.15, -0.1) is 0 Å². The van der Waals surface area contributed by atoms with Crippen LogP contribution in [0.5, 0.6) is 0 Å². The summed E-state index contributed by atoms with van der Waals surface area (Å²) < 4.78 is 0. The lowest BCUT2D eigenvalue weighted by atomic mass is 9.93. The molecule has 0 amide bonds. The van der Waals surface area contributed by atoms with Gasteiger partial charge in [-0.2, -0.15) is 0 Å². The summed E-state index contributed by atoms with van der Waals surface area (Å²) in [5, 5.41) is 0. The molecule has 1 aromatic rings. The molecule has 0 bridgehead atoms. The van der Waals surface area contributed by atoms with Crippen LogP contribution in [0.15, 0.2) is 36.4 Å². The third kappa shape index (κ3) is 3.78. The topological polar surface area (TPSA) is 26.0 Å². The number of allylic oxidation sites excluding steroid dienone is 2. The van der Waals surface area contributed by atoms with Crippen LogP contribution in [0, 0.1) is 0 Å². The van der Waals surface area contributed by atoms with Crippen molar-refractivity contribution in [1.82, 2.24) is 0 Å². The Hall–Kier alpha value is -1.24. The number of benzene rings is 1. The van der Waals surface area contributed by atoms with E-state index in [1.54, 1.807) is 0 Å². The zero-order valence-electron chi connectivity index (χ0n) is 9.74. The van der Waals surface area contributed by atoms with Gasteiger partial charge in [-0.05, 0) is 42.9 Å². The zero-order valence-corrected chi connectivity index (χ0v) is 9.74. The van der Waals surface area contributed by atoms with Crippen molar-refractivity contribution in [3.63, 3.8) is 0 Å². The van der Waals surface area contributed by atoms with Crippen LogP contribution < -0.4 is 5.73 Å². The summed E-state index contributed by atoms with van der Waals surface area (Å²) in [6.07, 6.45) is 7.95. The van der Waals surface area contributed by atoms with Gasteiger partial charge in [-0.3, -0.25) is 0 Å². The van der Waals surface area contributed by atoms with E-state index in [9.17, 15) is 0 Å². The van der Waals surface area contributed by atoms with E-state index in [1.807, 2.05) is 12.1 Å². The van der Waals surface area contributed by atoms with Crippen molar-refractivity contribution >= 4 is 5.69 Å². The highest BCUT2D eigenvalue weighted by atomic mass is 14.5. The van der Waals surface area contributed by atoms with Gasteiger partial charge in [0.2, 0.25) is 0 Å². The van der Waals surface area contributed by atoms with E-state index in [-0.39, 0.29) is 0 Å². The maximum absolute atomic E-state index is 5.68. The molecule has 15 heavy (non-hydrogen) atoms. The SMILES string of the molecule is CC/C=C\CC(CC)c1ccc(N)cc1. The molecule has 1 rings (SSSR count). The molecule has 0 saturated carbocycles. The van der Waals surface area contributed by atoms with Crippen molar-refractivity contribution in [3.8, 4) is 0 Å². The van der Waals surface area contributed by atoms with Gasteiger partial charge in [0.1, 0.15) is 0 Å². The third-order valence-corrected chi connectivity index (χ3v) is 2.72. The van der Waals surface area contributed by atoms with Crippen molar-refractivity contribution in [2.75, 3.05) is 5.73 Å². The second-order valence-corrected chi connectivity index (χ2v) is 3.89. The molecule has 0 spiro atoms. The largest absolute Gasteiger partial charge is 0.399 e. The first-order valence-corrected chi connectivity index (χ1v) is 5.78. The van der Waals surface area contributed by atoms with Crippen molar-refractivity contribution in [1.29, 1.82) is 0 Å². The van der Waals surface area contributed by atoms with Gasteiger partial charge in [-0.25, -0.2) is 0 Å². The van der Waals surface area contributed by atoms with Gasteiger partial charge >= 0.3 is 0 Å². The molecule has 1 heteroatoms. The minimum atomic E-state index is 0.633. The van der Waals surface area contributed by atoms with Crippen LogP contribution in [0.2, 0.25) is 0 Å². The Morgan fingerprint density at radius 1 is 1.13 bits per heavy atom. The summed E-state index contributed by atoms with van der Waals surface area (Å²) in [6, 6.07) is 8.26. The van der Waals surface area contributed by atoms with Crippen LogP contribution in [0.25, 0.3) is 0 Å². The number of rotatable bonds is 5. The zero-order chi connectivity index (χ0) is 11.1. The maximum Gasteiger partial charge on any atom is 0.0314 e. The molecular formula is C14H21N. The van der Waals surface area contributed by atoms with Crippen molar-refractivity contribution in [2.24, 2.45) is 0 Å².